The fourth-order valence-corrected chi connectivity index (χ4v) is 3.20. The summed E-state index contributed by atoms with van der Waals surface area (Å²) in [5.41, 5.74) is 2.87. The minimum atomic E-state index is 0.606. The number of hydrogen-bond acceptors (Lipinski definition) is 3. The molecule has 1 atom stereocenters. The zero-order valence-corrected chi connectivity index (χ0v) is 13.2. The third kappa shape index (κ3) is 4.15. The topological polar surface area (TPSA) is 15.3 Å². The van der Waals surface area contributed by atoms with Gasteiger partial charge in [-0.25, -0.2) is 0 Å². The predicted octanol–water partition coefficient (Wildman–Crippen LogP) is 3.37. The van der Waals surface area contributed by atoms with E-state index < -0.39 is 0 Å². The highest BCUT2D eigenvalue weighted by Crippen LogP contribution is 2.24. The standard InChI is InChI=1S/C16H26N2S/c1-13(2)10-15-12-18(8-9-19-3)16-7-5-4-6-14(16)11-17-15/h4-7,13,15,17H,8-12H2,1-3H3. The molecule has 0 saturated carbocycles. The Morgan fingerprint density at radius 1 is 1.37 bits per heavy atom. The average Bonchev–Trinajstić information content (AvgIpc) is 2.56. The summed E-state index contributed by atoms with van der Waals surface area (Å²) in [7, 11) is 0. The lowest BCUT2D eigenvalue weighted by Crippen LogP contribution is -2.40. The Balaban J connectivity index is 2.14. The molecule has 1 aliphatic rings. The number of para-hydroxylation sites is 1. The van der Waals surface area contributed by atoms with Gasteiger partial charge in [0.15, 0.2) is 0 Å². The third-order valence-electron chi connectivity index (χ3n) is 3.68. The first-order chi connectivity index (χ1) is 9.20. The third-order valence-corrected chi connectivity index (χ3v) is 4.27. The lowest BCUT2D eigenvalue weighted by atomic mass is 10.0. The summed E-state index contributed by atoms with van der Waals surface area (Å²) in [6.07, 6.45) is 3.44. The smallest absolute Gasteiger partial charge is 0.0412 e. The van der Waals surface area contributed by atoms with Crippen molar-refractivity contribution in [3.05, 3.63) is 29.8 Å². The summed E-state index contributed by atoms with van der Waals surface area (Å²) in [6.45, 7) is 7.91. The van der Waals surface area contributed by atoms with Crippen LogP contribution in [-0.2, 0) is 6.54 Å². The molecule has 0 aromatic heterocycles. The van der Waals surface area contributed by atoms with Crippen LogP contribution < -0.4 is 10.2 Å². The molecule has 1 aliphatic heterocycles. The van der Waals surface area contributed by atoms with Crippen molar-refractivity contribution < 1.29 is 0 Å². The van der Waals surface area contributed by atoms with Crippen molar-refractivity contribution in [2.45, 2.75) is 32.9 Å². The number of benzene rings is 1. The van der Waals surface area contributed by atoms with Gasteiger partial charge in [-0.2, -0.15) is 11.8 Å². The Hall–Kier alpha value is -0.670. The van der Waals surface area contributed by atoms with Gasteiger partial charge in [0.05, 0.1) is 0 Å². The largest absolute Gasteiger partial charge is 0.369 e. The van der Waals surface area contributed by atoms with Crippen LogP contribution in [0.1, 0.15) is 25.8 Å². The van der Waals surface area contributed by atoms with Crippen molar-refractivity contribution >= 4 is 17.4 Å². The van der Waals surface area contributed by atoms with E-state index >= 15 is 0 Å². The minimum Gasteiger partial charge on any atom is -0.369 e. The van der Waals surface area contributed by atoms with Crippen LogP contribution in [0.2, 0.25) is 0 Å². The SMILES string of the molecule is CSCCN1CC(CC(C)C)NCc2ccccc21. The molecule has 19 heavy (non-hydrogen) atoms. The number of nitrogens with zero attached hydrogens (tertiary/aromatic N) is 1. The number of nitrogens with one attached hydrogen (secondary N) is 1. The Kier molecular flexibility index (Phi) is 5.59. The van der Waals surface area contributed by atoms with Crippen LogP contribution in [0.4, 0.5) is 5.69 Å². The van der Waals surface area contributed by atoms with Crippen LogP contribution in [0.5, 0.6) is 0 Å². The van der Waals surface area contributed by atoms with Gasteiger partial charge in [-0.1, -0.05) is 32.0 Å². The van der Waals surface area contributed by atoms with E-state index in [1.54, 1.807) is 0 Å². The van der Waals surface area contributed by atoms with Gasteiger partial charge in [0.1, 0.15) is 0 Å². The van der Waals surface area contributed by atoms with Crippen LogP contribution in [0.25, 0.3) is 0 Å². The van der Waals surface area contributed by atoms with Crippen molar-refractivity contribution in [1.29, 1.82) is 0 Å². The van der Waals surface area contributed by atoms with Crippen LogP contribution >= 0.6 is 11.8 Å². The Morgan fingerprint density at radius 2 is 2.16 bits per heavy atom. The second-order valence-electron chi connectivity index (χ2n) is 5.77. The van der Waals surface area contributed by atoms with Gasteiger partial charge in [0.25, 0.3) is 0 Å². The van der Waals surface area contributed by atoms with Crippen LogP contribution in [0, 0.1) is 5.92 Å². The second kappa shape index (κ2) is 7.20. The highest BCUT2D eigenvalue weighted by atomic mass is 32.2. The summed E-state index contributed by atoms with van der Waals surface area (Å²) >= 11 is 1.93. The van der Waals surface area contributed by atoms with Gasteiger partial charge in [-0.3, -0.25) is 0 Å². The van der Waals surface area contributed by atoms with Gasteiger partial charge in [0, 0.05) is 37.1 Å². The molecule has 0 bridgehead atoms. The molecule has 1 aromatic carbocycles. The van der Waals surface area contributed by atoms with Crippen LogP contribution in [0.15, 0.2) is 24.3 Å². The van der Waals surface area contributed by atoms with E-state index in [-0.39, 0.29) is 0 Å². The zero-order chi connectivity index (χ0) is 13.7. The van der Waals surface area contributed by atoms with Crippen LogP contribution in [0.3, 0.4) is 0 Å². The molecule has 0 fully saturated rings. The highest BCUT2D eigenvalue weighted by Gasteiger charge is 2.21. The Morgan fingerprint density at radius 3 is 2.89 bits per heavy atom. The maximum Gasteiger partial charge on any atom is 0.0412 e. The highest BCUT2D eigenvalue weighted by molar-refractivity contribution is 7.98. The van der Waals surface area contributed by atoms with Gasteiger partial charge in [-0.05, 0) is 30.2 Å². The second-order valence-corrected chi connectivity index (χ2v) is 6.76. The monoisotopic (exact) mass is 278 g/mol. The van der Waals surface area contributed by atoms with Crippen molar-refractivity contribution in [1.82, 2.24) is 5.32 Å². The van der Waals surface area contributed by atoms with Crippen LogP contribution in [-0.4, -0.2) is 31.1 Å². The molecule has 2 rings (SSSR count). The van der Waals surface area contributed by atoms with Gasteiger partial charge < -0.3 is 10.2 Å². The predicted molar refractivity (Wildman–Crippen MR) is 87.1 cm³/mol. The van der Waals surface area contributed by atoms with E-state index in [9.17, 15) is 0 Å². The van der Waals surface area contributed by atoms with Gasteiger partial charge in [-0.15, -0.1) is 0 Å². The maximum absolute atomic E-state index is 3.73. The van der Waals surface area contributed by atoms with E-state index in [4.69, 9.17) is 0 Å². The molecule has 0 aliphatic carbocycles. The van der Waals surface area contributed by atoms with Crippen molar-refractivity contribution in [2.75, 3.05) is 30.0 Å². The molecule has 0 amide bonds. The average molecular weight is 278 g/mol. The number of hydrogen-bond donors (Lipinski definition) is 1. The summed E-state index contributed by atoms with van der Waals surface area (Å²) in [5.74, 6) is 1.95. The van der Waals surface area contributed by atoms with Crippen molar-refractivity contribution in [3.8, 4) is 0 Å². The van der Waals surface area contributed by atoms with E-state index in [0.717, 1.165) is 25.6 Å². The molecular weight excluding hydrogens is 252 g/mol. The maximum atomic E-state index is 3.73. The minimum absolute atomic E-state index is 0.606. The van der Waals surface area contributed by atoms with E-state index in [2.05, 4.69) is 54.6 Å². The number of thioether (sulfide) groups is 1. The van der Waals surface area contributed by atoms with E-state index in [0.29, 0.717) is 6.04 Å². The Labute approximate surface area is 122 Å². The summed E-state index contributed by atoms with van der Waals surface area (Å²) in [5, 5.41) is 3.73. The molecule has 0 radical (unpaired) electrons. The van der Waals surface area contributed by atoms with E-state index in [1.165, 1.54) is 23.4 Å². The first-order valence-corrected chi connectivity index (χ1v) is 8.65. The molecule has 106 valence electrons. The first-order valence-electron chi connectivity index (χ1n) is 7.26. The lowest BCUT2D eigenvalue weighted by Gasteiger charge is -2.28. The fraction of sp³-hybridized carbons (Fsp3) is 0.625. The zero-order valence-electron chi connectivity index (χ0n) is 12.4. The number of rotatable bonds is 5. The number of anilines is 1. The first kappa shape index (κ1) is 14.7. The van der Waals surface area contributed by atoms with Crippen molar-refractivity contribution in [3.63, 3.8) is 0 Å². The summed E-state index contributed by atoms with van der Waals surface area (Å²) in [6, 6.07) is 9.44. The van der Waals surface area contributed by atoms with Gasteiger partial charge >= 0.3 is 0 Å². The molecule has 1 heterocycles. The molecule has 1 aromatic rings. The Bertz CT molecular complexity index is 392. The quantitative estimate of drug-likeness (QED) is 0.889. The molecule has 3 heteroatoms. The molecule has 1 N–H and O–H groups in total. The normalized spacial score (nSPS) is 19.4. The summed E-state index contributed by atoms with van der Waals surface area (Å²) in [4.78, 5) is 2.57. The molecule has 0 spiro atoms. The molecular formula is C16H26N2S. The van der Waals surface area contributed by atoms with Gasteiger partial charge in [0.2, 0.25) is 0 Å². The molecule has 2 nitrogen and oxygen atoms in total. The lowest BCUT2D eigenvalue weighted by molar-refractivity contribution is 0.423. The molecule has 0 saturated heterocycles. The summed E-state index contributed by atoms with van der Waals surface area (Å²) < 4.78 is 0. The number of fused-ring (bicyclic) bond motifs is 1. The van der Waals surface area contributed by atoms with Crippen molar-refractivity contribution in [2.24, 2.45) is 5.92 Å². The van der Waals surface area contributed by atoms with E-state index in [1.807, 2.05) is 11.8 Å². The molecule has 1 unspecified atom stereocenters. The fourth-order valence-electron chi connectivity index (χ4n) is 2.79.